The molecule has 82 valence electrons. The van der Waals surface area contributed by atoms with Crippen LogP contribution in [0.2, 0.25) is 0 Å². The molecule has 1 aromatic carbocycles. The Morgan fingerprint density at radius 1 is 1.33 bits per heavy atom. The molecule has 0 bridgehead atoms. The molecule has 1 heterocycles. The summed E-state index contributed by atoms with van der Waals surface area (Å²) in [4.78, 5) is 0. The number of hydrogen-bond acceptors (Lipinski definition) is 2. The van der Waals surface area contributed by atoms with Crippen molar-refractivity contribution in [2.24, 2.45) is 0 Å². The summed E-state index contributed by atoms with van der Waals surface area (Å²) in [5.41, 5.74) is 1.30. The molecule has 1 unspecified atom stereocenters. The van der Waals surface area contributed by atoms with Crippen molar-refractivity contribution >= 4 is 0 Å². The number of aliphatic hydroxyl groups is 1. The van der Waals surface area contributed by atoms with Crippen LogP contribution in [0.25, 0.3) is 0 Å². The Bertz CT molecular complexity index is 299. The van der Waals surface area contributed by atoms with Crippen molar-refractivity contribution in [2.75, 3.05) is 6.54 Å². The van der Waals surface area contributed by atoms with Crippen LogP contribution < -0.4 is 5.32 Å². The fourth-order valence-corrected chi connectivity index (χ4v) is 2.37. The summed E-state index contributed by atoms with van der Waals surface area (Å²) in [6.45, 7) is 3.21. The van der Waals surface area contributed by atoms with E-state index in [9.17, 15) is 5.11 Å². The van der Waals surface area contributed by atoms with Crippen LogP contribution in [0.1, 0.15) is 31.2 Å². The molecule has 1 fully saturated rings. The second kappa shape index (κ2) is 4.77. The molecule has 0 saturated carbocycles. The third kappa shape index (κ3) is 2.39. The highest BCUT2D eigenvalue weighted by molar-refractivity contribution is 5.21. The van der Waals surface area contributed by atoms with E-state index < -0.39 is 0 Å². The molecule has 1 saturated heterocycles. The average Bonchev–Trinajstić information content (AvgIpc) is 2.30. The number of rotatable bonds is 2. The van der Waals surface area contributed by atoms with E-state index in [1.54, 1.807) is 0 Å². The minimum atomic E-state index is -0.200. The van der Waals surface area contributed by atoms with Crippen LogP contribution in [0.5, 0.6) is 0 Å². The number of piperidine rings is 1. The quantitative estimate of drug-likeness (QED) is 0.773. The van der Waals surface area contributed by atoms with Crippen LogP contribution >= 0.6 is 0 Å². The molecule has 2 N–H and O–H groups in total. The predicted molar refractivity (Wildman–Crippen MR) is 61.9 cm³/mol. The van der Waals surface area contributed by atoms with Crippen molar-refractivity contribution in [3.8, 4) is 0 Å². The Morgan fingerprint density at radius 3 is 2.73 bits per heavy atom. The monoisotopic (exact) mass is 205 g/mol. The van der Waals surface area contributed by atoms with Gasteiger partial charge in [-0.25, -0.2) is 0 Å². The fourth-order valence-electron chi connectivity index (χ4n) is 2.37. The fraction of sp³-hybridized carbons (Fsp3) is 0.538. The maximum absolute atomic E-state index is 9.94. The highest BCUT2D eigenvalue weighted by atomic mass is 16.3. The molecule has 0 spiro atoms. The first-order chi connectivity index (χ1) is 7.29. The van der Waals surface area contributed by atoms with Gasteiger partial charge in [0.15, 0.2) is 0 Å². The summed E-state index contributed by atoms with van der Waals surface area (Å²) in [6, 6.07) is 10.6. The highest BCUT2D eigenvalue weighted by Crippen LogP contribution is 2.24. The normalized spacial score (nSPS) is 28.7. The van der Waals surface area contributed by atoms with Gasteiger partial charge >= 0.3 is 0 Å². The Balaban J connectivity index is 2.09. The maximum atomic E-state index is 9.94. The second-order valence-electron chi connectivity index (χ2n) is 4.39. The van der Waals surface area contributed by atoms with E-state index in [0.29, 0.717) is 5.92 Å². The van der Waals surface area contributed by atoms with Crippen LogP contribution in [-0.2, 0) is 0 Å². The zero-order chi connectivity index (χ0) is 10.7. The Morgan fingerprint density at radius 2 is 2.07 bits per heavy atom. The van der Waals surface area contributed by atoms with Gasteiger partial charge < -0.3 is 10.4 Å². The smallest absolute Gasteiger partial charge is 0.0699 e. The van der Waals surface area contributed by atoms with Gasteiger partial charge in [0.05, 0.1) is 6.10 Å². The molecule has 1 aliphatic heterocycles. The van der Waals surface area contributed by atoms with Crippen LogP contribution in [0, 0.1) is 0 Å². The van der Waals surface area contributed by atoms with E-state index in [0.717, 1.165) is 19.4 Å². The number of benzene rings is 1. The lowest BCUT2D eigenvalue weighted by atomic mass is 9.86. The van der Waals surface area contributed by atoms with Crippen molar-refractivity contribution in [3.63, 3.8) is 0 Å². The lowest BCUT2D eigenvalue weighted by Gasteiger charge is -2.33. The van der Waals surface area contributed by atoms with E-state index in [2.05, 4.69) is 36.5 Å². The van der Waals surface area contributed by atoms with Crippen molar-refractivity contribution in [1.29, 1.82) is 0 Å². The summed E-state index contributed by atoms with van der Waals surface area (Å²) < 4.78 is 0. The van der Waals surface area contributed by atoms with Gasteiger partial charge in [-0.2, -0.15) is 0 Å². The minimum absolute atomic E-state index is 0.200. The molecule has 1 aliphatic rings. The highest BCUT2D eigenvalue weighted by Gasteiger charge is 2.28. The van der Waals surface area contributed by atoms with E-state index >= 15 is 0 Å². The number of nitrogens with one attached hydrogen (secondary N) is 1. The Labute approximate surface area is 91.3 Å². The zero-order valence-corrected chi connectivity index (χ0v) is 9.19. The molecule has 2 rings (SSSR count). The van der Waals surface area contributed by atoms with Gasteiger partial charge in [0.25, 0.3) is 0 Å². The average molecular weight is 205 g/mol. The first-order valence-electron chi connectivity index (χ1n) is 5.75. The van der Waals surface area contributed by atoms with Gasteiger partial charge in [0.2, 0.25) is 0 Å². The molecule has 0 aromatic heterocycles. The van der Waals surface area contributed by atoms with E-state index in [1.165, 1.54) is 5.56 Å². The van der Waals surface area contributed by atoms with Crippen molar-refractivity contribution in [2.45, 2.75) is 37.8 Å². The molecule has 15 heavy (non-hydrogen) atoms. The van der Waals surface area contributed by atoms with Crippen molar-refractivity contribution in [3.05, 3.63) is 35.9 Å². The summed E-state index contributed by atoms with van der Waals surface area (Å²) in [7, 11) is 0. The zero-order valence-electron chi connectivity index (χ0n) is 9.19. The van der Waals surface area contributed by atoms with Gasteiger partial charge in [0.1, 0.15) is 0 Å². The van der Waals surface area contributed by atoms with Crippen molar-refractivity contribution in [1.82, 2.24) is 5.32 Å². The van der Waals surface area contributed by atoms with E-state index in [-0.39, 0.29) is 12.1 Å². The van der Waals surface area contributed by atoms with E-state index in [1.807, 2.05) is 6.07 Å². The summed E-state index contributed by atoms with van der Waals surface area (Å²) in [6.07, 6.45) is 1.81. The van der Waals surface area contributed by atoms with Gasteiger partial charge in [-0.05, 0) is 30.9 Å². The molecule has 0 radical (unpaired) electrons. The predicted octanol–water partition coefficient (Wildman–Crippen LogP) is 1.90. The maximum Gasteiger partial charge on any atom is 0.0699 e. The molecule has 2 heteroatoms. The first kappa shape index (κ1) is 10.7. The van der Waals surface area contributed by atoms with E-state index in [4.69, 9.17) is 0 Å². The topological polar surface area (TPSA) is 32.3 Å². The third-order valence-corrected chi connectivity index (χ3v) is 3.34. The number of aliphatic hydroxyl groups excluding tert-OH is 1. The largest absolute Gasteiger partial charge is 0.391 e. The van der Waals surface area contributed by atoms with Crippen molar-refractivity contribution < 1.29 is 5.11 Å². The summed E-state index contributed by atoms with van der Waals surface area (Å²) in [5, 5.41) is 13.4. The van der Waals surface area contributed by atoms with Crippen LogP contribution in [0.3, 0.4) is 0 Å². The van der Waals surface area contributed by atoms with Gasteiger partial charge in [0, 0.05) is 6.04 Å². The summed E-state index contributed by atoms with van der Waals surface area (Å²) >= 11 is 0. The molecule has 0 aliphatic carbocycles. The Kier molecular flexibility index (Phi) is 3.39. The molecular weight excluding hydrogens is 186 g/mol. The van der Waals surface area contributed by atoms with Gasteiger partial charge in [-0.3, -0.25) is 0 Å². The van der Waals surface area contributed by atoms with Crippen LogP contribution in [0.4, 0.5) is 0 Å². The lowest BCUT2D eigenvalue weighted by molar-refractivity contribution is 0.0861. The molecule has 1 aromatic rings. The van der Waals surface area contributed by atoms with Gasteiger partial charge in [-0.1, -0.05) is 37.3 Å². The lowest BCUT2D eigenvalue weighted by Crippen LogP contribution is -2.47. The SMILES string of the molecule is CC(c1ccccc1)[C@H]1NCCC[C@H]1O. The third-order valence-electron chi connectivity index (χ3n) is 3.34. The molecule has 2 nitrogen and oxygen atoms in total. The summed E-state index contributed by atoms with van der Waals surface area (Å²) in [5.74, 6) is 0.376. The van der Waals surface area contributed by atoms with Crippen LogP contribution in [-0.4, -0.2) is 23.8 Å². The minimum Gasteiger partial charge on any atom is -0.391 e. The van der Waals surface area contributed by atoms with Crippen LogP contribution in [0.15, 0.2) is 30.3 Å². The second-order valence-corrected chi connectivity index (χ2v) is 4.39. The molecular formula is C13H19NO. The number of hydrogen-bond donors (Lipinski definition) is 2. The van der Waals surface area contributed by atoms with Gasteiger partial charge in [-0.15, -0.1) is 0 Å². The molecule has 0 amide bonds. The standard InChI is InChI=1S/C13H19NO/c1-10(11-6-3-2-4-7-11)13-12(15)8-5-9-14-13/h2-4,6-7,10,12-15H,5,8-9H2,1H3/t10?,12-,13-/m1/s1. The molecule has 3 atom stereocenters. The Hall–Kier alpha value is -0.860. The first-order valence-corrected chi connectivity index (χ1v) is 5.75.